The molecular formula is C15H15N3O3S. The van der Waals surface area contributed by atoms with Gasteiger partial charge in [-0.25, -0.2) is 9.78 Å². The van der Waals surface area contributed by atoms with E-state index in [-0.39, 0.29) is 5.91 Å². The molecule has 22 heavy (non-hydrogen) atoms. The van der Waals surface area contributed by atoms with Crippen molar-refractivity contribution in [3.8, 4) is 11.3 Å². The van der Waals surface area contributed by atoms with Crippen molar-refractivity contribution in [3.05, 3.63) is 34.1 Å². The number of anilines is 1. The number of fused-ring (bicyclic) bond motifs is 1. The summed E-state index contributed by atoms with van der Waals surface area (Å²) in [6.07, 6.45) is 0. The van der Waals surface area contributed by atoms with Crippen molar-refractivity contribution >= 4 is 33.5 Å². The van der Waals surface area contributed by atoms with Gasteiger partial charge in [0.2, 0.25) is 5.91 Å². The number of aromatic amines is 1. The zero-order valence-electron chi connectivity index (χ0n) is 12.4. The summed E-state index contributed by atoms with van der Waals surface area (Å²) >= 11 is 1.36. The van der Waals surface area contributed by atoms with E-state index in [1.54, 1.807) is 12.1 Å². The Bertz CT molecular complexity index is 899. The third-order valence-electron chi connectivity index (χ3n) is 3.12. The second kappa shape index (κ2) is 5.10. The number of amides is 1. The van der Waals surface area contributed by atoms with E-state index in [9.17, 15) is 9.59 Å². The molecule has 0 aliphatic carbocycles. The van der Waals surface area contributed by atoms with Gasteiger partial charge in [0.05, 0.1) is 11.2 Å². The van der Waals surface area contributed by atoms with Crippen LogP contribution in [0.5, 0.6) is 0 Å². The predicted molar refractivity (Wildman–Crippen MR) is 86.0 cm³/mol. The van der Waals surface area contributed by atoms with Gasteiger partial charge in [0.15, 0.2) is 10.7 Å². The molecule has 0 bridgehead atoms. The fraction of sp³-hybridized carbons (Fsp3) is 0.267. The maximum atomic E-state index is 12.0. The number of carbonyl (C=O) groups is 1. The van der Waals surface area contributed by atoms with Crippen LogP contribution in [-0.4, -0.2) is 15.9 Å². The number of nitrogens with one attached hydrogen (secondary N) is 2. The molecule has 7 heteroatoms. The molecule has 114 valence electrons. The largest absolute Gasteiger partial charge is 0.417 e. The lowest BCUT2D eigenvalue weighted by Crippen LogP contribution is -2.27. The highest BCUT2D eigenvalue weighted by atomic mass is 32.1. The summed E-state index contributed by atoms with van der Waals surface area (Å²) in [5.41, 5.74) is 2.23. The molecule has 0 aliphatic rings. The number of carbonyl (C=O) groups excluding carboxylic acids is 1. The first-order valence-corrected chi connectivity index (χ1v) is 7.61. The molecule has 1 amide bonds. The highest BCUT2D eigenvalue weighted by molar-refractivity contribution is 7.14. The van der Waals surface area contributed by atoms with Gasteiger partial charge >= 0.3 is 5.76 Å². The average molecular weight is 317 g/mol. The van der Waals surface area contributed by atoms with Crippen LogP contribution in [0.15, 0.2) is 32.8 Å². The number of benzene rings is 1. The van der Waals surface area contributed by atoms with Gasteiger partial charge in [-0.05, 0) is 18.2 Å². The van der Waals surface area contributed by atoms with Crippen LogP contribution >= 0.6 is 11.3 Å². The van der Waals surface area contributed by atoms with Gasteiger partial charge < -0.3 is 9.73 Å². The summed E-state index contributed by atoms with van der Waals surface area (Å²) < 4.78 is 4.97. The molecule has 0 spiro atoms. The number of rotatable bonds is 2. The van der Waals surface area contributed by atoms with Crippen LogP contribution < -0.4 is 11.1 Å². The van der Waals surface area contributed by atoms with Crippen molar-refractivity contribution in [2.75, 3.05) is 5.32 Å². The van der Waals surface area contributed by atoms with E-state index in [4.69, 9.17) is 4.42 Å². The van der Waals surface area contributed by atoms with E-state index in [0.29, 0.717) is 16.2 Å². The molecule has 1 aromatic carbocycles. The maximum Gasteiger partial charge on any atom is 0.417 e. The third-order valence-corrected chi connectivity index (χ3v) is 3.88. The molecule has 0 fully saturated rings. The van der Waals surface area contributed by atoms with Crippen LogP contribution in [0.1, 0.15) is 20.8 Å². The Morgan fingerprint density at radius 3 is 2.86 bits per heavy atom. The standard InChI is InChI=1S/C15H15N3O3S/c1-15(2,3)12(19)18-13-16-10(7-22-13)8-4-5-11-9(6-8)17-14(20)21-11/h4-7H,1-3H3,(H,17,20)(H,16,18,19). The van der Waals surface area contributed by atoms with E-state index in [1.165, 1.54) is 11.3 Å². The number of nitrogens with zero attached hydrogens (tertiary/aromatic N) is 1. The van der Waals surface area contributed by atoms with Crippen LogP contribution in [-0.2, 0) is 4.79 Å². The molecule has 2 heterocycles. The topological polar surface area (TPSA) is 88.0 Å². The van der Waals surface area contributed by atoms with Gasteiger partial charge in [0.25, 0.3) is 0 Å². The molecule has 6 nitrogen and oxygen atoms in total. The number of H-pyrrole nitrogens is 1. The summed E-state index contributed by atoms with van der Waals surface area (Å²) in [4.78, 5) is 30.2. The lowest BCUT2D eigenvalue weighted by atomic mass is 9.96. The second-order valence-corrected chi connectivity index (χ2v) is 6.83. The summed E-state index contributed by atoms with van der Waals surface area (Å²) in [5, 5.41) is 5.22. The maximum absolute atomic E-state index is 12.0. The van der Waals surface area contributed by atoms with Crippen molar-refractivity contribution in [1.29, 1.82) is 0 Å². The van der Waals surface area contributed by atoms with Crippen LogP contribution in [0.3, 0.4) is 0 Å². The van der Waals surface area contributed by atoms with Gasteiger partial charge in [0.1, 0.15) is 0 Å². The van der Waals surface area contributed by atoms with Crippen LogP contribution in [0.2, 0.25) is 0 Å². The van der Waals surface area contributed by atoms with Gasteiger partial charge in [-0.1, -0.05) is 20.8 Å². The number of hydrogen-bond donors (Lipinski definition) is 2. The SMILES string of the molecule is CC(C)(C)C(=O)Nc1nc(-c2ccc3oc(=O)[nH]c3c2)cs1. The van der Waals surface area contributed by atoms with E-state index in [0.717, 1.165) is 11.3 Å². The molecule has 3 rings (SSSR count). The minimum absolute atomic E-state index is 0.0805. The van der Waals surface area contributed by atoms with Crippen LogP contribution in [0.25, 0.3) is 22.4 Å². The van der Waals surface area contributed by atoms with Gasteiger partial charge in [0, 0.05) is 16.4 Å². The van der Waals surface area contributed by atoms with Crippen LogP contribution in [0, 0.1) is 5.41 Å². The Morgan fingerprint density at radius 1 is 1.36 bits per heavy atom. The Balaban J connectivity index is 1.88. The van der Waals surface area contributed by atoms with Crippen molar-refractivity contribution in [3.63, 3.8) is 0 Å². The minimum Gasteiger partial charge on any atom is -0.408 e. The van der Waals surface area contributed by atoms with E-state index >= 15 is 0 Å². The smallest absolute Gasteiger partial charge is 0.408 e. The molecule has 0 radical (unpaired) electrons. The molecule has 2 aromatic heterocycles. The van der Waals surface area contributed by atoms with E-state index in [2.05, 4.69) is 15.3 Å². The Hall–Kier alpha value is -2.41. The molecule has 0 saturated heterocycles. The summed E-state index contributed by atoms with van der Waals surface area (Å²) in [6, 6.07) is 5.34. The zero-order chi connectivity index (χ0) is 15.9. The second-order valence-electron chi connectivity index (χ2n) is 5.97. The Labute approximate surface area is 130 Å². The lowest BCUT2D eigenvalue weighted by Gasteiger charge is -2.15. The number of oxazole rings is 1. The van der Waals surface area contributed by atoms with Crippen molar-refractivity contribution in [2.24, 2.45) is 5.41 Å². The first-order chi connectivity index (χ1) is 10.3. The number of hydrogen-bond acceptors (Lipinski definition) is 5. The van der Waals surface area contributed by atoms with Crippen molar-refractivity contribution in [1.82, 2.24) is 9.97 Å². The fourth-order valence-corrected chi connectivity index (χ4v) is 2.57. The van der Waals surface area contributed by atoms with Gasteiger partial charge in [-0.15, -0.1) is 11.3 Å². The van der Waals surface area contributed by atoms with Crippen LogP contribution in [0.4, 0.5) is 5.13 Å². The Morgan fingerprint density at radius 2 is 2.14 bits per heavy atom. The molecule has 0 atom stereocenters. The normalized spacial score (nSPS) is 11.8. The summed E-state index contributed by atoms with van der Waals surface area (Å²) in [7, 11) is 0. The zero-order valence-corrected chi connectivity index (χ0v) is 13.2. The average Bonchev–Trinajstić information content (AvgIpc) is 3.01. The highest BCUT2D eigenvalue weighted by Gasteiger charge is 2.22. The molecule has 0 aliphatic heterocycles. The first-order valence-electron chi connectivity index (χ1n) is 6.73. The monoisotopic (exact) mass is 317 g/mol. The highest BCUT2D eigenvalue weighted by Crippen LogP contribution is 2.28. The molecular weight excluding hydrogens is 302 g/mol. The third kappa shape index (κ3) is 2.80. The molecule has 0 saturated carbocycles. The minimum atomic E-state index is -0.483. The predicted octanol–water partition coefficient (Wildman–Crippen LogP) is 3.23. The summed E-state index contributed by atoms with van der Waals surface area (Å²) in [5.74, 6) is -0.563. The number of aromatic nitrogens is 2. The van der Waals surface area contributed by atoms with Crippen molar-refractivity contribution < 1.29 is 9.21 Å². The molecule has 2 N–H and O–H groups in total. The summed E-state index contributed by atoms with van der Waals surface area (Å²) in [6.45, 7) is 5.54. The first kappa shape index (κ1) is 14.5. The quantitative estimate of drug-likeness (QED) is 0.759. The number of thiazole rings is 1. The lowest BCUT2D eigenvalue weighted by molar-refractivity contribution is -0.123. The van der Waals surface area contributed by atoms with Crippen molar-refractivity contribution in [2.45, 2.75) is 20.8 Å². The fourth-order valence-electron chi connectivity index (χ4n) is 1.86. The molecule has 3 aromatic rings. The molecule has 0 unspecified atom stereocenters. The Kier molecular flexibility index (Phi) is 3.37. The van der Waals surface area contributed by atoms with E-state index < -0.39 is 11.2 Å². The van der Waals surface area contributed by atoms with Gasteiger partial charge in [-0.2, -0.15) is 0 Å². The van der Waals surface area contributed by atoms with Gasteiger partial charge in [-0.3, -0.25) is 9.78 Å². The van der Waals surface area contributed by atoms with E-state index in [1.807, 2.05) is 32.2 Å².